The quantitative estimate of drug-likeness (QED) is 0.142. The fourth-order valence-corrected chi connectivity index (χ4v) is 9.88. The molecule has 1 N–H and O–H groups in total. The molecule has 3 nitrogen and oxygen atoms in total. The molecule has 5 atom stereocenters. The molecule has 0 aromatic heterocycles. The summed E-state index contributed by atoms with van der Waals surface area (Å²) in [5.41, 5.74) is -9.29. The van der Waals surface area contributed by atoms with Gasteiger partial charge in [-0.25, -0.2) is 0 Å². The van der Waals surface area contributed by atoms with Crippen LogP contribution in [0.2, 0.25) is 37.8 Å². The summed E-state index contributed by atoms with van der Waals surface area (Å²) in [7, 11) is -4.99. The zero-order chi connectivity index (χ0) is 39.4. The second-order valence-electron chi connectivity index (χ2n) is 16.3. The van der Waals surface area contributed by atoms with E-state index in [0.717, 1.165) is 25.2 Å². The third-order valence-electron chi connectivity index (χ3n) is 10.5. The van der Waals surface area contributed by atoms with Crippen molar-refractivity contribution in [2.75, 3.05) is 0 Å². The van der Waals surface area contributed by atoms with Crippen LogP contribution in [0.3, 0.4) is 0 Å². The van der Waals surface area contributed by atoms with Crippen LogP contribution in [0, 0.1) is 34.5 Å². The van der Waals surface area contributed by atoms with Crippen molar-refractivity contribution < 1.29 is 48.5 Å². The van der Waals surface area contributed by atoms with Crippen molar-refractivity contribution >= 4 is 16.6 Å². The molecule has 11 heteroatoms. The van der Waals surface area contributed by atoms with Crippen molar-refractivity contribution in [3.05, 3.63) is 0 Å². The Morgan fingerprint density at radius 1 is 0.909 bits per heavy atom. The zero-order valence-electron chi connectivity index (χ0n) is 34.1. The van der Waals surface area contributed by atoms with Crippen molar-refractivity contribution in [2.24, 2.45) is 22.7 Å². The van der Waals surface area contributed by atoms with Crippen LogP contribution in [-0.2, 0) is 8.85 Å². The molecular formula is C33H58F6O3Si2. The number of fused-ring (bicyclic) bond motifs is 1. The van der Waals surface area contributed by atoms with E-state index in [1.165, 1.54) is 0 Å². The van der Waals surface area contributed by atoms with Gasteiger partial charge in [0, 0.05) is 20.7 Å². The Morgan fingerprint density at radius 2 is 1.48 bits per heavy atom. The fourth-order valence-electron chi connectivity index (χ4n) is 7.34. The van der Waals surface area contributed by atoms with Gasteiger partial charge in [0.2, 0.25) is 0 Å². The van der Waals surface area contributed by atoms with Crippen LogP contribution in [0.5, 0.6) is 0 Å². The van der Waals surface area contributed by atoms with Crippen molar-refractivity contribution in [1.82, 2.24) is 0 Å². The van der Waals surface area contributed by atoms with Crippen LogP contribution in [0.4, 0.5) is 26.3 Å². The van der Waals surface area contributed by atoms with Crippen LogP contribution >= 0.6 is 0 Å². The third kappa shape index (κ3) is 8.87. The van der Waals surface area contributed by atoms with Gasteiger partial charge in [-0.15, -0.1) is 0 Å². The number of rotatable bonds is 10. The van der Waals surface area contributed by atoms with Crippen molar-refractivity contribution in [1.29, 1.82) is 0 Å². The van der Waals surface area contributed by atoms with Gasteiger partial charge >= 0.3 is 18.0 Å². The van der Waals surface area contributed by atoms with Gasteiger partial charge in [0.05, 0.1) is 5.60 Å². The fraction of sp³-hybridized carbons (Fsp3) is 0.939. The van der Waals surface area contributed by atoms with E-state index in [-0.39, 0.29) is 35.8 Å². The predicted molar refractivity (Wildman–Crippen MR) is 170 cm³/mol. The predicted octanol–water partition coefficient (Wildman–Crippen LogP) is 10.6. The van der Waals surface area contributed by atoms with E-state index in [9.17, 15) is 31.4 Å². The molecule has 44 heavy (non-hydrogen) atoms. The largest absolute Gasteiger partial charge is 0.438 e. The lowest BCUT2D eigenvalue weighted by Crippen LogP contribution is -2.55. The molecule has 0 aliphatic heterocycles. The molecule has 258 valence electrons. The van der Waals surface area contributed by atoms with Gasteiger partial charge < -0.3 is 14.0 Å². The van der Waals surface area contributed by atoms with Gasteiger partial charge in [-0.3, -0.25) is 0 Å². The second kappa shape index (κ2) is 12.8. The minimum absolute atomic E-state index is 0.0522. The highest BCUT2D eigenvalue weighted by Gasteiger charge is 2.70. The lowest BCUT2D eigenvalue weighted by Gasteiger charge is -2.52. The van der Waals surface area contributed by atoms with Gasteiger partial charge in [0.15, 0.2) is 16.6 Å². The maximum absolute atomic E-state index is 13.6. The molecule has 0 saturated heterocycles. The number of halogens is 6. The molecule has 2 rings (SSSR count). The minimum Gasteiger partial charge on any atom is -0.414 e. The molecule has 0 amide bonds. The van der Waals surface area contributed by atoms with E-state index in [2.05, 4.69) is 46.7 Å². The SMILES string of the molecule is [2H]C([2H])([2H])C(CCC[C@](C)(CC#CC(O)(C(F)(F)F)C(F)(F)F)[C@H]1CCC2[C@@H](O[Si](C)(C)C(C)(C)C)CCC[C@@]21C)(O[Si](C)(C)C)C([2H])([2H])[2H]. The van der Waals surface area contributed by atoms with Crippen molar-refractivity contribution in [2.45, 2.75) is 174 Å². The van der Waals surface area contributed by atoms with Crippen LogP contribution in [0.15, 0.2) is 0 Å². The summed E-state index contributed by atoms with van der Waals surface area (Å²) in [5, 5.41) is 9.73. The first-order chi connectivity index (χ1) is 21.9. The number of hydrogen-bond acceptors (Lipinski definition) is 3. The summed E-state index contributed by atoms with van der Waals surface area (Å²) in [5.74, 6) is 2.97. The van der Waals surface area contributed by atoms with Gasteiger partial charge in [0.25, 0.3) is 0 Å². The van der Waals surface area contributed by atoms with Gasteiger partial charge in [-0.1, -0.05) is 53.4 Å². The number of aliphatic hydroxyl groups is 1. The third-order valence-corrected chi connectivity index (χ3v) is 16.0. The van der Waals surface area contributed by atoms with Crippen LogP contribution in [0.25, 0.3) is 0 Å². The summed E-state index contributed by atoms with van der Waals surface area (Å²) in [6.45, 7) is 13.5. The van der Waals surface area contributed by atoms with E-state index >= 15 is 0 Å². The monoisotopic (exact) mass is 678 g/mol. The number of hydrogen-bond donors (Lipinski definition) is 1. The maximum atomic E-state index is 13.6. The Balaban J connectivity index is 2.65. The lowest BCUT2D eigenvalue weighted by molar-refractivity contribution is -0.343. The van der Waals surface area contributed by atoms with Crippen LogP contribution in [-0.4, -0.2) is 51.4 Å². The molecule has 0 bridgehead atoms. The first kappa shape index (κ1) is 30.8. The smallest absolute Gasteiger partial charge is 0.414 e. The molecule has 2 aliphatic rings. The summed E-state index contributed by atoms with van der Waals surface area (Å²) >= 11 is 0. The summed E-state index contributed by atoms with van der Waals surface area (Å²) in [6, 6.07) is 0. The van der Waals surface area contributed by atoms with Crippen molar-refractivity contribution in [3.8, 4) is 11.8 Å². The molecule has 0 aromatic rings. The summed E-state index contributed by atoms with van der Waals surface area (Å²) in [4.78, 5) is 0. The van der Waals surface area contributed by atoms with E-state index in [4.69, 9.17) is 17.1 Å². The maximum Gasteiger partial charge on any atom is 0.438 e. The highest BCUT2D eigenvalue weighted by molar-refractivity contribution is 6.74. The van der Waals surface area contributed by atoms with Gasteiger partial charge in [-0.05, 0) is 119 Å². The van der Waals surface area contributed by atoms with Crippen LogP contribution < -0.4 is 0 Å². The molecule has 0 heterocycles. The molecule has 2 saturated carbocycles. The molecule has 0 aromatic carbocycles. The first-order valence-electron chi connectivity index (χ1n) is 18.6. The Bertz CT molecular complexity index is 1220. The normalized spacial score (nSPS) is 30.0. The molecule has 0 spiro atoms. The second-order valence-corrected chi connectivity index (χ2v) is 25.5. The topological polar surface area (TPSA) is 38.7 Å². The van der Waals surface area contributed by atoms with Crippen molar-refractivity contribution in [3.63, 3.8) is 0 Å². The molecule has 1 unspecified atom stereocenters. The highest BCUT2D eigenvalue weighted by atomic mass is 28.4. The average molecular weight is 679 g/mol. The zero-order valence-corrected chi connectivity index (χ0v) is 30.1. The van der Waals surface area contributed by atoms with E-state index in [1.54, 1.807) is 26.6 Å². The molecule has 0 radical (unpaired) electrons. The summed E-state index contributed by atoms with van der Waals surface area (Å²) < 4.78 is 144. The lowest BCUT2D eigenvalue weighted by atomic mass is 9.56. The highest BCUT2D eigenvalue weighted by Crippen LogP contribution is 2.63. The average Bonchev–Trinajstić information content (AvgIpc) is 3.22. The number of alkyl halides is 6. The Hall–Kier alpha value is -0.546. The van der Waals surface area contributed by atoms with E-state index in [0.29, 0.717) is 12.8 Å². The minimum atomic E-state index is -6.11. The first-order valence-corrected chi connectivity index (χ1v) is 22.0. The Morgan fingerprint density at radius 3 is 1.95 bits per heavy atom. The Labute approximate surface area is 273 Å². The van der Waals surface area contributed by atoms with Gasteiger partial charge in [-0.2, -0.15) is 26.3 Å². The standard InChI is InChI=1S/C33H58F6O3Si2/c1-27(2,3)44(11,12)41-25-16-13-22-30(7)24(25)17-18-26(30)29(6,20-14-19-28(4,5)42-43(8,9)10)21-15-23-31(40,32(34,35)36)33(37,38)39/h24-26,40H,13-14,16-22H2,1-12H3/t24?,25-,26+,29+,30-/m0/s1/i4D3,5D3. The van der Waals surface area contributed by atoms with E-state index in [1.807, 2.05) is 0 Å². The van der Waals surface area contributed by atoms with E-state index < -0.39 is 77.6 Å². The van der Waals surface area contributed by atoms with Gasteiger partial charge in [0.1, 0.15) is 0 Å². The Kier molecular flexibility index (Phi) is 8.96. The summed E-state index contributed by atoms with van der Waals surface area (Å²) in [6.07, 6.45) is -9.53. The molecule has 2 fully saturated rings. The van der Waals surface area contributed by atoms with Crippen LogP contribution in [0.1, 0.15) is 114 Å². The molecular weight excluding hydrogens is 615 g/mol. The molecule has 2 aliphatic carbocycles.